The average molecular weight is 306 g/mol. The number of fused-ring (bicyclic) bond motifs is 1. The lowest BCUT2D eigenvalue weighted by Crippen LogP contribution is -1.90. The Balaban J connectivity index is 0.000000924. The van der Waals surface area contributed by atoms with E-state index in [-0.39, 0.29) is 0 Å². The van der Waals surface area contributed by atoms with Gasteiger partial charge >= 0.3 is 0 Å². The first kappa shape index (κ1) is 16.6. The van der Waals surface area contributed by atoms with Gasteiger partial charge in [-0.25, -0.2) is 0 Å². The second-order valence-corrected chi connectivity index (χ2v) is 4.75. The van der Waals surface area contributed by atoms with E-state index < -0.39 is 0 Å². The molecule has 0 aliphatic rings. The fraction of sp³-hybridized carbons (Fsp3) is 0.150. The monoisotopic (exact) mass is 306 g/mol. The van der Waals surface area contributed by atoms with E-state index in [0.29, 0.717) is 5.69 Å². The van der Waals surface area contributed by atoms with E-state index in [4.69, 9.17) is 10.5 Å². The largest absolute Gasteiger partial charge is 0.496 e. The molecule has 0 bridgehead atoms. The van der Waals surface area contributed by atoms with Gasteiger partial charge in [-0.1, -0.05) is 44.2 Å². The van der Waals surface area contributed by atoms with Gasteiger partial charge in [0.15, 0.2) is 0 Å². The van der Waals surface area contributed by atoms with Crippen LogP contribution in [0.3, 0.4) is 0 Å². The normalized spacial score (nSPS) is 10.4. The standard InChI is InChI=1S/C18H16N2O.C2H6/c1-21-18-12-15(19)9-8-14(18)7-6-13-10-11-20-17-5-3-2-4-16(13)17;1-2/h2-12H,19H2,1H3;1-2H3/b7-6+;. The lowest BCUT2D eigenvalue weighted by atomic mass is 10.1. The zero-order chi connectivity index (χ0) is 16.7. The van der Waals surface area contributed by atoms with Crippen LogP contribution >= 0.6 is 0 Å². The zero-order valence-electron chi connectivity index (χ0n) is 13.8. The summed E-state index contributed by atoms with van der Waals surface area (Å²) in [6, 6.07) is 15.7. The van der Waals surface area contributed by atoms with E-state index in [1.54, 1.807) is 7.11 Å². The number of anilines is 1. The predicted molar refractivity (Wildman–Crippen MR) is 99.4 cm³/mol. The molecule has 0 saturated carbocycles. The Morgan fingerprint density at radius 2 is 1.70 bits per heavy atom. The van der Waals surface area contributed by atoms with Crippen LogP contribution < -0.4 is 10.5 Å². The number of methoxy groups -OCH3 is 1. The number of rotatable bonds is 3. The number of para-hydroxylation sites is 1. The van der Waals surface area contributed by atoms with Gasteiger partial charge in [-0.3, -0.25) is 4.98 Å². The highest BCUT2D eigenvalue weighted by atomic mass is 16.5. The van der Waals surface area contributed by atoms with Crippen LogP contribution in [0.2, 0.25) is 0 Å². The van der Waals surface area contributed by atoms with Gasteiger partial charge in [0.2, 0.25) is 0 Å². The van der Waals surface area contributed by atoms with Gasteiger partial charge in [-0.2, -0.15) is 0 Å². The molecule has 23 heavy (non-hydrogen) atoms. The molecule has 0 unspecified atom stereocenters. The summed E-state index contributed by atoms with van der Waals surface area (Å²) in [5.74, 6) is 0.768. The molecule has 2 aromatic carbocycles. The maximum atomic E-state index is 5.77. The predicted octanol–water partition coefficient (Wildman–Crippen LogP) is 5.02. The second-order valence-electron chi connectivity index (χ2n) is 4.75. The van der Waals surface area contributed by atoms with E-state index in [2.05, 4.69) is 17.1 Å². The number of pyridine rings is 1. The van der Waals surface area contributed by atoms with Crippen LogP contribution in [0, 0.1) is 0 Å². The lowest BCUT2D eigenvalue weighted by Gasteiger charge is -2.06. The van der Waals surface area contributed by atoms with E-state index in [1.807, 2.05) is 68.6 Å². The zero-order valence-corrected chi connectivity index (χ0v) is 13.8. The Labute approximate surface area is 137 Å². The minimum atomic E-state index is 0.693. The fourth-order valence-corrected chi connectivity index (χ4v) is 2.31. The molecule has 3 aromatic rings. The molecule has 3 heteroatoms. The minimum Gasteiger partial charge on any atom is -0.496 e. The first-order valence-corrected chi connectivity index (χ1v) is 7.73. The highest BCUT2D eigenvalue weighted by Crippen LogP contribution is 2.25. The average Bonchev–Trinajstić information content (AvgIpc) is 2.62. The maximum absolute atomic E-state index is 5.77. The Morgan fingerprint density at radius 3 is 2.48 bits per heavy atom. The maximum Gasteiger partial charge on any atom is 0.128 e. The first-order chi connectivity index (χ1) is 11.3. The number of ether oxygens (including phenoxy) is 1. The number of nitrogens with two attached hydrogens (primary N) is 1. The second kappa shape index (κ2) is 7.99. The van der Waals surface area contributed by atoms with Crippen molar-refractivity contribution in [3.05, 3.63) is 65.9 Å². The van der Waals surface area contributed by atoms with Gasteiger partial charge in [-0.05, 0) is 29.8 Å². The Kier molecular flexibility index (Phi) is 5.75. The van der Waals surface area contributed by atoms with Crippen molar-refractivity contribution in [1.29, 1.82) is 0 Å². The third-order valence-corrected chi connectivity index (χ3v) is 3.38. The van der Waals surface area contributed by atoms with E-state index in [0.717, 1.165) is 27.8 Å². The molecule has 0 spiro atoms. The summed E-state index contributed by atoms with van der Waals surface area (Å²) in [5, 5.41) is 1.13. The number of nitrogen functional groups attached to an aromatic ring is 1. The molecular formula is C20H22N2O. The highest BCUT2D eigenvalue weighted by Gasteiger charge is 2.01. The van der Waals surface area contributed by atoms with Crippen molar-refractivity contribution in [3.63, 3.8) is 0 Å². The minimum absolute atomic E-state index is 0.693. The lowest BCUT2D eigenvalue weighted by molar-refractivity contribution is 0.414. The summed E-state index contributed by atoms with van der Waals surface area (Å²) in [6.07, 6.45) is 5.92. The molecule has 0 aliphatic carbocycles. The van der Waals surface area contributed by atoms with E-state index in [9.17, 15) is 0 Å². The third kappa shape index (κ3) is 3.89. The van der Waals surface area contributed by atoms with Crippen molar-refractivity contribution in [2.24, 2.45) is 0 Å². The molecule has 0 aliphatic heterocycles. The molecule has 1 heterocycles. The van der Waals surface area contributed by atoms with Crippen molar-refractivity contribution < 1.29 is 4.74 Å². The van der Waals surface area contributed by atoms with Crippen LogP contribution in [0.15, 0.2) is 54.7 Å². The van der Waals surface area contributed by atoms with Gasteiger partial charge in [0.1, 0.15) is 5.75 Å². The van der Waals surface area contributed by atoms with E-state index in [1.165, 1.54) is 0 Å². The van der Waals surface area contributed by atoms with Crippen molar-refractivity contribution in [1.82, 2.24) is 4.98 Å². The summed E-state index contributed by atoms with van der Waals surface area (Å²) >= 11 is 0. The number of benzene rings is 2. The molecular weight excluding hydrogens is 284 g/mol. The SMILES string of the molecule is CC.COc1cc(N)ccc1/C=C/c1ccnc2ccccc12. The smallest absolute Gasteiger partial charge is 0.128 e. The van der Waals surface area contributed by atoms with Gasteiger partial charge in [0, 0.05) is 28.9 Å². The Morgan fingerprint density at radius 1 is 0.957 bits per heavy atom. The molecule has 0 saturated heterocycles. The summed E-state index contributed by atoms with van der Waals surface area (Å²) in [7, 11) is 1.65. The van der Waals surface area contributed by atoms with Crippen LogP contribution in [0.5, 0.6) is 5.75 Å². The Bertz CT molecular complexity index is 804. The van der Waals surface area contributed by atoms with Crippen LogP contribution in [0.1, 0.15) is 25.0 Å². The van der Waals surface area contributed by atoms with Crippen molar-refractivity contribution >= 4 is 28.7 Å². The van der Waals surface area contributed by atoms with Crippen LogP contribution in [0.4, 0.5) is 5.69 Å². The highest BCUT2D eigenvalue weighted by molar-refractivity contribution is 5.90. The van der Waals surface area contributed by atoms with E-state index >= 15 is 0 Å². The molecule has 0 radical (unpaired) electrons. The molecule has 1 aromatic heterocycles. The number of aromatic nitrogens is 1. The number of hydrogen-bond acceptors (Lipinski definition) is 3. The van der Waals surface area contributed by atoms with Crippen LogP contribution in [-0.4, -0.2) is 12.1 Å². The molecule has 118 valence electrons. The van der Waals surface area contributed by atoms with Gasteiger partial charge in [0.25, 0.3) is 0 Å². The summed E-state index contributed by atoms with van der Waals surface area (Å²) in [5.41, 5.74) is 9.57. The molecule has 0 amide bonds. The summed E-state index contributed by atoms with van der Waals surface area (Å²) < 4.78 is 5.36. The van der Waals surface area contributed by atoms with Gasteiger partial charge < -0.3 is 10.5 Å². The Hall–Kier alpha value is -2.81. The van der Waals surface area contributed by atoms with Crippen LogP contribution in [-0.2, 0) is 0 Å². The van der Waals surface area contributed by atoms with Crippen molar-refractivity contribution in [2.45, 2.75) is 13.8 Å². The molecule has 0 atom stereocenters. The van der Waals surface area contributed by atoms with Crippen molar-refractivity contribution in [3.8, 4) is 5.75 Å². The quantitative estimate of drug-likeness (QED) is 0.691. The number of nitrogens with zero attached hydrogens (tertiary/aromatic N) is 1. The summed E-state index contributed by atoms with van der Waals surface area (Å²) in [4.78, 5) is 4.37. The molecule has 2 N–H and O–H groups in total. The van der Waals surface area contributed by atoms with Crippen molar-refractivity contribution in [2.75, 3.05) is 12.8 Å². The molecule has 3 nitrogen and oxygen atoms in total. The summed E-state index contributed by atoms with van der Waals surface area (Å²) in [6.45, 7) is 4.00. The molecule has 3 rings (SSSR count). The topological polar surface area (TPSA) is 48.1 Å². The van der Waals surface area contributed by atoms with Gasteiger partial charge in [0.05, 0.1) is 12.6 Å². The fourth-order valence-electron chi connectivity index (χ4n) is 2.31. The van der Waals surface area contributed by atoms with Gasteiger partial charge in [-0.15, -0.1) is 0 Å². The third-order valence-electron chi connectivity index (χ3n) is 3.38. The number of hydrogen-bond donors (Lipinski definition) is 1. The van der Waals surface area contributed by atoms with Crippen LogP contribution in [0.25, 0.3) is 23.1 Å². The first-order valence-electron chi connectivity index (χ1n) is 7.73. The molecule has 0 fully saturated rings.